The van der Waals surface area contributed by atoms with E-state index in [9.17, 15) is 0 Å². The van der Waals surface area contributed by atoms with E-state index in [-0.39, 0.29) is 0 Å². The number of hydrogen-bond acceptors (Lipinski definition) is 2. The Morgan fingerprint density at radius 2 is 2.38 bits per heavy atom. The van der Waals surface area contributed by atoms with E-state index >= 15 is 0 Å². The maximum atomic E-state index is 6.07. The molecule has 1 aliphatic carbocycles. The first kappa shape index (κ1) is 9.03. The lowest BCUT2D eigenvalue weighted by molar-refractivity contribution is 0.488. The molecule has 4 heteroatoms. The maximum Gasteiger partial charge on any atom is 0.0834 e. The van der Waals surface area contributed by atoms with Crippen LogP contribution in [0.25, 0.3) is 0 Å². The van der Waals surface area contributed by atoms with E-state index < -0.39 is 0 Å². The summed E-state index contributed by atoms with van der Waals surface area (Å²) in [5, 5.41) is 8.21. The molecule has 2 rings (SSSR count). The van der Waals surface area contributed by atoms with Gasteiger partial charge in [-0.1, -0.05) is 11.6 Å². The number of rotatable bonds is 3. The largest absolute Gasteiger partial charge is 0.311 e. The highest BCUT2D eigenvalue weighted by molar-refractivity contribution is 6.31. The first-order valence-corrected chi connectivity index (χ1v) is 4.96. The van der Waals surface area contributed by atoms with E-state index in [4.69, 9.17) is 11.6 Å². The number of hydrogen-bond donors (Lipinski definition) is 1. The standard InChI is InChI=1S/C9H14ClN3/c1-11-8(6-3-4-6)9-7(10)5-12-13(9)2/h5-6,8,11H,3-4H2,1-2H3. The van der Waals surface area contributed by atoms with Gasteiger partial charge in [0.2, 0.25) is 0 Å². The zero-order chi connectivity index (χ0) is 9.42. The predicted octanol–water partition coefficient (Wildman–Crippen LogP) is 1.74. The molecule has 0 bridgehead atoms. The summed E-state index contributed by atoms with van der Waals surface area (Å²) in [5.74, 6) is 0.748. The second kappa shape index (κ2) is 3.31. The van der Waals surface area contributed by atoms with Gasteiger partial charge in [-0.25, -0.2) is 0 Å². The quantitative estimate of drug-likeness (QED) is 0.804. The van der Waals surface area contributed by atoms with Gasteiger partial charge < -0.3 is 5.32 Å². The third-order valence-electron chi connectivity index (χ3n) is 2.64. The molecule has 1 aromatic rings. The van der Waals surface area contributed by atoms with Crippen LogP contribution in [0.15, 0.2) is 6.20 Å². The number of nitrogens with zero attached hydrogens (tertiary/aromatic N) is 2. The van der Waals surface area contributed by atoms with Crippen LogP contribution in [0.5, 0.6) is 0 Å². The van der Waals surface area contributed by atoms with Crippen molar-refractivity contribution >= 4 is 11.6 Å². The second-order valence-corrected chi connectivity index (χ2v) is 4.01. The smallest absolute Gasteiger partial charge is 0.0834 e. The second-order valence-electron chi connectivity index (χ2n) is 3.61. The molecule has 1 aliphatic rings. The maximum absolute atomic E-state index is 6.07. The normalized spacial score (nSPS) is 19.0. The highest BCUT2D eigenvalue weighted by Crippen LogP contribution is 2.42. The summed E-state index contributed by atoms with van der Waals surface area (Å²) in [6.45, 7) is 0. The highest BCUT2D eigenvalue weighted by Gasteiger charge is 2.34. The van der Waals surface area contributed by atoms with Crippen molar-refractivity contribution in [2.45, 2.75) is 18.9 Å². The zero-order valence-corrected chi connectivity index (χ0v) is 8.67. The number of halogens is 1. The van der Waals surface area contributed by atoms with Gasteiger partial charge in [0.25, 0.3) is 0 Å². The molecule has 1 atom stereocenters. The van der Waals surface area contributed by atoms with E-state index in [1.54, 1.807) is 6.20 Å². The van der Waals surface area contributed by atoms with Crippen LogP contribution >= 0.6 is 11.6 Å². The first-order chi connectivity index (χ1) is 6.24. The fourth-order valence-corrected chi connectivity index (χ4v) is 2.08. The molecular formula is C9H14ClN3. The molecule has 1 N–H and O–H groups in total. The molecule has 0 saturated heterocycles. The molecule has 0 spiro atoms. The molecule has 1 aromatic heterocycles. The Balaban J connectivity index is 2.30. The fourth-order valence-electron chi connectivity index (χ4n) is 1.80. The third-order valence-corrected chi connectivity index (χ3v) is 2.93. The lowest BCUT2D eigenvalue weighted by Gasteiger charge is -2.16. The van der Waals surface area contributed by atoms with Gasteiger partial charge in [0.1, 0.15) is 0 Å². The Labute approximate surface area is 83.1 Å². The number of aromatic nitrogens is 2. The van der Waals surface area contributed by atoms with Crippen molar-refractivity contribution in [2.75, 3.05) is 7.05 Å². The van der Waals surface area contributed by atoms with Crippen LogP contribution in [-0.2, 0) is 7.05 Å². The molecule has 72 valence electrons. The summed E-state index contributed by atoms with van der Waals surface area (Å²) in [6, 6.07) is 0.375. The highest BCUT2D eigenvalue weighted by atomic mass is 35.5. The van der Waals surface area contributed by atoms with Gasteiger partial charge in [0.05, 0.1) is 23.0 Å². The van der Waals surface area contributed by atoms with Crippen molar-refractivity contribution in [3.05, 3.63) is 16.9 Å². The van der Waals surface area contributed by atoms with Crippen molar-refractivity contribution in [3.8, 4) is 0 Å². The van der Waals surface area contributed by atoms with Crippen molar-refractivity contribution < 1.29 is 0 Å². The molecule has 1 fully saturated rings. The SMILES string of the molecule is CNC(c1c(Cl)cnn1C)C1CC1. The molecule has 13 heavy (non-hydrogen) atoms. The van der Waals surface area contributed by atoms with Gasteiger partial charge in [-0.3, -0.25) is 4.68 Å². The minimum absolute atomic E-state index is 0.375. The molecule has 3 nitrogen and oxygen atoms in total. The van der Waals surface area contributed by atoms with Crippen LogP contribution in [0.1, 0.15) is 24.6 Å². The Hall–Kier alpha value is -0.540. The minimum atomic E-state index is 0.375. The van der Waals surface area contributed by atoms with E-state index in [2.05, 4.69) is 10.4 Å². The van der Waals surface area contributed by atoms with E-state index in [1.807, 2.05) is 18.8 Å². The third kappa shape index (κ3) is 1.58. The molecule has 1 heterocycles. The predicted molar refractivity (Wildman–Crippen MR) is 52.7 cm³/mol. The summed E-state index contributed by atoms with van der Waals surface area (Å²) in [7, 11) is 3.92. The van der Waals surface area contributed by atoms with E-state index in [0.29, 0.717) is 6.04 Å². The van der Waals surface area contributed by atoms with Crippen LogP contribution in [-0.4, -0.2) is 16.8 Å². The van der Waals surface area contributed by atoms with Crippen molar-refractivity contribution in [2.24, 2.45) is 13.0 Å². The average molecular weight is 200 g/mol. The zero-order valence-electron chi connectivity index (χ0n) is 7.92. The van der Waals surface area contributed by atoms with E-state index in [0.717, 1.165) is 16.6 Å². The van der Waals surface area contributed by atoms with Gasteiger partial charge in [-0.15, -0.1) is 0 Å². The van der Waals surface area contributed by atoms with Gasteiger partial charge >= 0.3 is 0 Å². The van der Waals surface area contributed by atoms with Crippen LogP contribution in [0.2, 0.25) is 5.02 Å². The lowest BCUT2D eigenvalue weighted by atomic mass is 10.1. The molecule has 0 amide bonds. The van der Waals surface area contributed by atoms with Crippen molar-refractivity contribution in [1.29, 1.82) is 0 Å². The van der Waals surface area contributed by atoms with Crippen LogP contribution in [0.4, 0.5) is 0 Å². The van der Waals surface area contributed by atoms with E-state index in [1.165, 1.54) is 12.8 Å². The van der Waals surface area contributed by atoms with Crippen LogP contribution in [0.3, 0.4) is 0 Å². The summed E-state index contributed by atoms with van der Waals surface area (Å²) in [6.07, 6.45) is 4.31. The number of aryl methyl sites for hydroxylation is 1. The summed E-state index contributed by atoms with van der Waals surface area (Å²) >= 11 is 6.07. The average Bonchev–Trinajstić information content (AvgIpc) is 2.88. The minimum Gasteiger partial charge on any atom is -0.311 e. The van der Waals surface area contributed by atoms with Gasteiger partial charge in [-0.05, 0) is 25.8 Å². The summed E-state index contributed by atoms with van der Waals surface area (Å²) in [5.41, 5.74) is 1.12. The Morgan fingerprint density at radius 3 is 2.77 bits per heavy atom. The number of nitrogens with one attached hydrogen (secondary N) is 1. The topological polar surface area (TPSA) is 29.9 Å². The summed E-state index contributed by atoms with van der Waals surface area (Å²) < 4.78 is 1.86. The Kier molecular flexibility index (Phi) is 2.30. The van der Waals surface area contributed by atoms with Crippen molar-refractivity contribution in [1.82, 2.24) is 15.1 Å². The Morgan fingerprint density at radius 1 is 1.69 bits per heavy atom. The fraction of sp³-hybridized carbons (Fsp3) is 0.667. The molecule has 0 aliphatic heterocycles. The van der Waals surface area contributed by atoms with Crippen LogP contribution < -0.4 is 5.32 Å². The van der Waals surface area contributed by atoms with Gasteiger partial charge in [-0.2, -0.15) is 5.10 Å². The molecule has 0 radical (unpaired) electrons. The monoisotopic (exact) mass is 199 g/mol. The molecule has 1 unspecified atom stereocenters. The van der Waals surface area contributed by atoms with Crippen LogP contribution in [0, 0.1) is 5.92 Å². The molecule has 1 saturated carbocycles. The molecular weight excluding hydrogens is 186 g/mol. The molecule has 0 aromatic carbocycles. The van der Waals surface area contributed by atoms with Gasteiger partial charge in [0, 0.05) is 7.05 Å². The summed E-state index contributed by atoms with van der Waals surface area (Å²) in [4.78, 5) is 0. The van der Waals surface area contributed by atoms with Crippen molar-refractivity contribution in [3.63, 3.8) is 0 Å². The van der Waals surface area contributed by atoms with Gasteiger partial charge in [0.15, 0.2) is 0 Å². The Bertz CT molecular complexity index is 284. The first-order valence-electron chi connectivity index (χ1n) is 4.58. The lowest BCUT2D eigenvalue weighted by Crippen LogP contribution is -2.21.